The largest absolute Gasteiger partial charge is 0.335 e. The van der Waals surface area contributed by atoms with Crippen molar-refractivity contribution in [3.63, 3.8) is 0 Å². The molecule has 2 saturated heterocycles. The fourth-order valence-corrected chi connectivity index (χ4v) is 3.66. The summed E-state index contributed by atoms with van der Waals surface area (Å²) in [5.74, 6) is -0.306. The minimum atomic E-state index is -0.306. The second-order valence-electron chi connectivity index (χ2n) is 7.39. The van der Waals surface area contributed by atoms with Crippen molar-refractivity contribution in [1.29, 1.82) is 0 Å². The summed E-state index contributed by atoms with van der Waals surface area (Å²) in [6, 6.07) is 5.80. The van der Waals surface area contributed by atoms with E-state index in [2.05, 4.69) is 27.8 Å². The second-order valence-corrected chi connectivity index (χ2v) is 7.39. The number of carbonyl (C=O) groups excluding carboxylic acids is 1. The number of carbonyl (C=O) groups is 1. The van der Waals surface area contributed by atoms with E-state index < -0.39 is 0 Å². The van der Waals surface area contributed by atoms with Crippen molar-refractivity contribution < 1.29 is 9.18 Å². The van der Waals surface area contributed by atoms with Gasteiger partial charge in [0.15, 0.2) is 0 Å². The van der Waals surface area contributed by atoms with Crippen LogP contribution in [-0.2, 0) is 0 Å². The fourth-order valence-electron chi connectivity index (χ4n) is 3.66. The summed E-state index contributed by atoms with van der Waals surface area (Å²) in [5, 5.41) is 9.23. The average molecular weight is 334 g/mol. The maximum absolute atomic E-state index is 12.9. The molecule has 5 nitrogen and oxygen atoms in total. The van der Waals surface area contributed by atoms with Gasteiger partial charge in [0.2, 0.25) is 0 Å². The van der Waals surface area contributed by atoms with Crippen molar-refractivity contribution in [2.75, 3.05) is 38.0 Å². The van der Waals surface area contributed by atoms with Crippen LogP contribution in [-0.4, -0.2) is 49.7 Å². The van der Waals surface area contributed by atoms with E-state index in [-0.39, 0.29) is 17.9 Å². The summed E-state index contributed by atoms with van der Waals surface area (Å²) in [6.45, 7) is 7.76. The Morgan fingerprint density at radius 3 is 2.67 bits per heavy atom. The first-order valence-electron chi connectivity index (χ1n) is 8.79. The van der Waals surface area contributed by atoms with Crippen molar-refractivity contribution in [3.05, 3.63) is 30.1 Å². The van der Waals surface area contributed by atoms with E-state index in [9.17, 15) is 9.18 Å². The second kappa shape index (κ2) is 7.49. The Morgan fingerprint density at radius 1 is 1.33 bits per heavy atom. The number of halogens is 1. The van der Waals surface area contributed by atoms with Gasteiger partial charge >= 0.3 is 6.03 Å². The molecule has 2 aliphatic heterocycles. The molecule has 132 valence electrons. The Kier molecular flexibility index (Phi) is 5.36. The van der Waals surface area contributed by atoms with E-state index in [1.165, 1.54) is 18.6 Å². The minimum Gasteiger partial charge on any atom is -0.335 e. The minimum absolute atomic E-state index is 0.205. The van der Waals surface area contributed by atoms with Gasteiger partial charge in [0.25, 0.3) is 0 Å². The first-order chi connectivity index (χ1) is 11.5. The molecule has 0 aromatic heterocycles. The maximum Gasteiger partial charge on any atom is 0.319 e. The van der Waals surface area contributed by atoms with Crippen LogP contribution in [0.3, 0.4) is 0 Å². The molecule has 1 aromatic rings. The molecule has 1 atom stereocenters. The van der Waals surface area contributed by atoms with E-state index in [0.717, 1.165) is 45.6 Å². The highest BCUT2D eigenvalue weighted by atomic mass is 19.1. The molecule has 2 fully saturated rings. The van der Waals surface area contributed by atoms with Crippen LogP contribution < -0.4 is 16.0 Å². The average Bonchev–Trinajstić information content (AvgIpc) is 2.98. The van der Waals surface area contributed by atoms with E-state index in [4.69, 9.17) is 0 Å². The molecule has 6 heteroatoms. The van der Waals surface area contributed by atoms with Crippen LogP contribution in [0.15, 0.2) is 24.3 Å². The summed E-state index contributed by atoms with van der Waals surface area (Å²) in [5.41, 5.74) is 0.994. The number of nitrogens with zero attached hydrogens (tertiary/aromatic N) is 1. The maximum atomic E-state index is 12.9. The summed E-state index contributed by atoms with van der Waals surface area (Å²) >= 11 is 0. The van der Waals surface area contributed by atoms with Gasteiger partial charge < -0.3 is 20.9 Å². The third-order valence-electron chi connectivity index (χ3n) is 5.09. The predicted molar refractivity (Wildman–Crippen MR) is 93.6 cm³/mol. The SMILES string of the molecule is CC1(CN2CCC(NC(=O)Nc3ccc(F)cc3)CC2)CCNC1. The predicted octanol–water partition coefficient (Wildman–Crippen LogP) is 2.41. The lowest BCUT2D eigenvalue weighted by atomic mass is 9.88. The smallest absolute Gasteiger partial charge is 0.319 e. The van der Waals surface area contributed by atoms with Crippen molar-refractivity contribution in [2.24, 2.45) is 5.41 Å². The summed E-state index contributed by atoms with van der Waals surface area (Å²) in [4.78, 5) is 14.6. The molecule has 0 bridgehead atoms. The zero-order chi connectivity index (χ0) is 17.0. The topological polar surface area (TPSA) is 56.4 Å². The van der Waals surface area contributed by atoms with E-state index in [1.807, 2.05) is 0 Å². The van der Waals surface area contributed by atoms with Crippen molar-refractivity contribution in [2.45, 2.75) is 32.2 Å². The molecule has 1 aromatic carbocycles. The zero-order valence-electron chi connectivity index (χ0n) is 14.3. The fraction of sp³-hybridized carbons (Fsp3) is 0.611. The molecule has 2 aliphatic rings. The highest BCUT2D eigenvalue weighted by Crippen LogP contribution is 2.27. The highest BCUT2D eigenvalue weighted by Gasteiger charge is 2.32. The molecule has 0 saturated carbocycles. The summed E-state index contributed by atoms with van der Waals surface area (Å²) < 4.78 is 12.9. The molecule has 24 heavy (non-hydrogen) atoms. The lowest BCUT2D eigenvalue weighted by Gasteiger charge is -2.37. The van der Waals surface area contributed by atoms with Gasteiger partial charge in [-0.3, -0.25) is 0 Å². The van der Waals surface area contributed by atoms with E-state index >= 15 is 0 Å². The molecule has 2 amide bonds. The first kappa shape index (κ1) is 17.2. The Bertz CT molecular complexity index is 549. The van der Waals surface area contributed by atoms with Crippen molar-refractivity contribution in [1.82, 2.24) is 15.5 Å². The number of amides is 2. The monoisotopic (exact) mass is 334 g/mol. The van der Waals surface area contributed by atoms with E-state index in [0.29, 0.717) is 11.1 Å². The number of urea groups is 1. The molecule has 2 heterocycles. The van der Waals surface area contributed by atoms with Crippen LogP contribution in [0, 0.1) is 11.2 Å². The van der Waals surface area contributed by atoms with Gasteiger partial charge in [-0.15, -0.1) is 0 Å². The van der Waals surface area contributed by atoms with Gasteiger partial charge in [-0.25, -0.2) is 9.18 Å². The molecular weight excluding hydrogens is 307 g/mol. The van der Waals surface area contributed by atoms with Gasteiger partial charge in [0.05, 0.1) is 0 Å². The molecule has 1 unspecified atom stereocenters. The third kappa shape index (κ3) is 4.68. The number of hydrogen-bond donors (Lipinski definition) is 3. The summed E-state index contributed by atoms with van der Waals surface area (Å²) in [7, 11) is 0. The number of rotatable bonds is 4. The van der Waals surface area contributed by atoms with Crippen molar-refractivity contribution >= 4 is 11.7 Å². The molecule has 0 aliphatic carbocycles. The lowest BCUT2D eigenvalue weighted by Crippen LogP contribution is -2.48. The molecule has 3 N–H and O–H groups in total. The van der Waals surface area contributed by atoms with Crippen LogP contribution in [0.4, 0.5) is 14.9 Å². The third-order valence-corrected chi connectivity index (χ3v) is 5.09. The quantitative estimate of drug-likeness (QED) is 0.793. The van der Waals surface area contributed by atoms with Gasteiger partial charge in [-0.2, -0.15) is 0 Å². The first-order valence-corrected chi connectivity index (χ1v) is 8.79. The van der Waals surface area contributed by atoms with Gasteiger partial charge in [0, 0.05) is 37.9 Å². The Labute approximate surface area is 143 Å². The van der Waals surface area contributed by atoms with Gasteiger partial charge in [0.1, 0.15) is 5.82 Å². The van der Waals surface area contributed by atoms with Crippen LogP contribution in [0.25, 0.3) is 0 Å². The summed E-state index contributed by atoms with van der Waals surface area (Å²) in [6.07, 6.45) is 3.19. The molecule has 0 radical (unpaired) electrons. The standard InChI is InChI=1S/C18H27FN4O/c1-18(8-9-20-12-18)13-23-10-6-16(7-11-23)22-17(24)21-15-4-2-14(19)3-5-15/h2-5,16,20H,6-13H2,1H3,(H2,21,22,24). The number of hydrogen-bond acceptors (Lipinski definition) is 3. The Balaban J connectivity index is 1.40. The van der Waals surface area contributed by atoms with Crippen LogP contribution in [0.5, 0.6) is 0 Å². The number of piperidine rings is 1. The van der Waals surface area contributed by atoms with Crippen LogP contribution in [0.1, 0.15) is 26.2 Å². The molecular formula is C18H27FN4O. The van der Waals surface area contributed by atoms with Crippen molar-refractivity contribution in [3.8, 4) is 0 Å². The molecule has 3 rings (SSSR count). The number of anilines is 1. The lowest BCUT2D eigenvalue weighted by molar-refractivity contribution is 0.139. The van der Waals surface area contributed by atoms with Gasteiger partial charge in [-0.1, -0.05) is 6.92 Å². The zero-order valence-corrected chi connectivity index (χ0v) is 14.3. The number of nitrogens with one attached hydrogen (secondary N) is 3. The normalized spacial score (nSPS) is 25.6. The number of likely N-dealkylation sites (tertiary alicyclic amines) is 1. The Hall–Kier alpha value is -1.66. The number of benzene rings is 1. The van der Waals surface area contributed by atoms with E-state index in [1.54, 1.807) is 12.1 Å². The van der Waals surface area contributed by atoms with Crippen LogP contribution in [0.2, 0.25) is 0 Å². The Morgan fingerprint density at radius 2 is 2.04 bits per heavy atom. The van der Waals surface area contributed by atoms with Gasteiger partial charge in [-0.05, 0) is 55.5 Å². The molecule has 0 spiro atoms. The highest BCUT2D eigenvalue weighted by molar-refractivity contribution is 5.89. The van der Waals surface area contributed by atoms with Crippen LogP contribution >= 0.6 is 0 Å².